The fraction of sp³-hybridized carbons (Fsp3) is 0. The SMILES string of the molecule is O=C1c2ccccc2/C(=C\c2ccc3[nH]ccc3c2)N1c1ccccc1. The van der Waals surface area contributed by atoms with Crippen LogP contribution in [0.3, 0.4) is 0 Å². The molecule has 0 aliphatic carbocycles. The number of benzene rings is 3. The summed E-state index contributed by atoms with van der Waals surface area (Å²) in [6, 6.07) is 25.9. The molecule has 2 heterocycles. The molecule has 0 unspecified atom stereocenters. The summed E-state index contributed by atoms with van der Waals surface area (Å²) >= 11 is 0. The third-order valence-corrected chi connectivity index (χ3v) is 4.77. The molecule has 0 bridgehead atoms. The number of hydrogen-bond donors (Lipinski definition) is 1. The van der Waals surface area contributed by atoms with Crippen molar-refractivity contribution in [3.05, 3.63) is 102 Å². The van der Waals surface area contributed by atoms with Crippen molar-refractivity contribution in [2.75, 3.05) is 4.90 Å². The average molecular weight is 336 g/mol. The molecule has 1 N–H and O–H groups in total. The van der Waals surface area contributed by atoms with Gasteiger partial charge in [-0.25, -0.2) is 0 Å². The van der Waals surface area contributed by atoms with Gasteiger partial charge in [-0.15, -0.1) is 0 Å². The van der Waals surface area contributed by atoms with E-state index < -0.39 is 0 Å². The quantitative estimate of drug-likeness (QED) is 0.528. The summed E-state index contributed by atoms with van der Waals surface area (Å²) in [5, 5.41) is 1.16. The number of carbonyl (C=O) groups excluding carboxylic acids is 1. The van der Waals surface area contributed by atoms with Gasteiger partial charge in [0.05, 0.1) is 5.70 Å². The Bertz CT molecular complexity index is 1160. The van der Waals surface area contributed by atoms with Gasteiger partial charge in [0.1, 0.15) is 0 Å². The van der Waals surface area contributed by atoms with Crippen LogP contribution in [0.25, 0.3) is 22.7 Å². The van der Waals surface area contributed by atoms with Gasteiger partial charge in [0.25, 0.3) is 5.91 Å². The third-order valence-electron chi connectivity index (χ3n) is 4.77. The largest absolute Gasteiger partial charge is 0.361 e. The Kier molecular flexibility index (Phi) is 3.25. The van der Waals surface area contributed by atoms with E-state index in [0.29, 0.717) is 0 Å². The highest BCUT2D eigenvalue weighted by molar-refractivity contribution is 6.24. The topological polar surface area (TPSA) is 36.1 Å². The lowest BCUT2D eigenvalue weighted by atomic mass is 10.1. The minimum Gasteiger partial charge on any atom is -0.361 e. The molecule has 0 radical (unpaired) electrons. The molecule has 1 aromatic heterocycles. The van der Waals surface area contributed by atoms with Gasteiger partial charge in [0, 0.05) is 28.5 Å². The molecule has 0 atom stereocenters. The summed E-state index contributed by atoms with van der Waals surface area (Å²) in [5.41, 5.74) is 5.67. The molecule has 4 aromatic rings. The maximum absolute atomic E-state index is 13.0. The zero-order valence-corrected chi connectivity index (χ0v) is 14.0. The Morgan fingerprint density at radius 3 is 2.42 bits per heavy atom. The van der Waals surface area contributed by atoms with Gasteiger partial charge in [0.2, 0.25) is 0 Å². The minimum absolute atomic E-state index is 0.0146. The van der Waals surface area contributed by atoms with E-state index in [2.05, 4.69) is 35.3 Å². The Labute approximate surface area is 151 Å². The summed E-state index contributed by atoms with van der Waals surface area (Å²) in [6.07, 6.45) is 4.02. The highest BCUT2D eigenvalue weighted by Gasteiger charge is 2.32. The van der Waals surface area contributed by atoms with Gasteiger partial charge in [-0.05, 0) is 53.4 Å². The van der Waals surface area contributed by atoms with Gasteiger partial charge in [0.15, 0.2) is 0 Å². The molecule has 3 aromatic carbocycles. The fourth-order valence-electron chi connectivity index (χ4n) is 3.54. The lowest BCUT2D eigenvalue weighted by Crippen LogP contribution is -2.22. The predicted molar refractivity (Wildman–Crippen MR) is 106 cm³/mol. The number of nitrogens with zero attached hydrogens (tertiary/aromatic N) is 1. The molecule has 124 valence electrons. The number of anilines is 1. The second-order valence-electron chi connectivity index (χ2n) is 6.38. The van der Waals surface area contributed by atoms with Crippen molar-refractivity contribution in [1.82, 2.24) is 4.98 Å². The third kappa shape index (κ3) is 2.25. The van der Waals surface area contributed by atoms with E-state index >= 15 is 0 Å². The van der Waals surface area contributed by atoms with Crippen molar-refractivity contribution in [1.29, 1.82) is 0 Å². The van der Waals surface area contributed by atoms with Crippen molar-refractivity contribution < 1.29 is 4.79 Å². The maximum atomic E-state index is 13.0. The van der Waals surface area contributed by atoms with Crippen molar-refractivity contribution >= 4 is 34.3 Å². The molecular formula is C23H16N2O. The number of nitrogens with one attached hydrogen (secondary N) is 1. The highest BCUT2D eigenvalue weighted by Crippen LogP contribution is 2.37. The highest BCUT2D eigenvalue weighted by atomic mass is 16.2. The summed E-state index contributed by atoms with van der Waals surface area (Å²) in [6.45, 7) is 0. The summed E-state index contributed by atoms with van der Waals surface area (Å²) < 4.78 is 0. The number of rotatable bonds is 2. The van der Waals surface area contributed by atoms with E-state index in [1.165, 1.54) is 0 Å². The van der Waals surface area contributed by atoms with Crippen LogP contribution in [0.5, 0.6) is 0 Å². The lowest BCUT2D eigenvalue weighted by molar-refractivity contribution is 0.101. The van der Waals surface area contributed by atoms with Gasteiger partial charge < -0.3 is 4.98 Å². The fourth-order valence-corrected chi connectivity index (χ4v) is 3.54. The predicted octanol–water partition coefficient (Wildman–Crippen LogP) is 5.33. The van der Waals surface area contributed by atoms with Crippen molar-refractivity contribution in [3.8, 4) is 0 Å². The number of hydrogen-bond acceptors (Lipinski definition) is 1. The molecule has 26 heavy (non-hydrogen) atoms. The van der Waals surface area contributed by atoms with Gasteiger partial charge in [-0.3, -0.25) is 9.69 Å². The average Bonchev–Trinajstić information content (AvgIpc) is 3.26. The monoisotopic (exact) mass is 336 g/mol. The zero-order valence-electron chi connectivity index (χ0n) is 14.0. The van der Waals surface area contributed by atoms with Gasteiger partial charge in [-0.2, -0.15) is 0 Å². The molecule has 1 amide bonds. The summed E-state index contributed by atoms with van der Waals surface area (Å²) in [4.78, 5) is 18.1. The van der Waals surface area contributed by atoms with Crippen LogP contribution < -0.4 is 4.90 Å². The lowest BCUT2D eigenvalue weighted by Gasteiger charge is -2.18. The van der Waals surface area contributed by atoms with Crippen LogP contribution in [-0.2, 0) is 0 Å². The molecule has 0 saturated carbocycles. The Morgan fingerprint density at radius 2 is 1.58 bits per heavy atom. The summed E-state index contributed by atoms with van der Waals surface area (Å²) in [5.74, 6) is 0.0146. The molecule has 3 nitrogen and oxygen atoms in total. The number of fused-ring (bicyclic) bond motifs is 2. The second-order valence-corrected chi connectivity index (χ2v) is 6.38. The molecule has 3 heteroatoms. The maximum Gasteiger partial charge on any atom is 0.263 e. The first-order valence-electron chi connectivity index (χ1n) is 8.59. The summed E-state index contributed by atoms with van der Waals surface area (Å²) in [7, 11) is 0. The Balaban J connectivity index is 1.71. The number of para-hydroxylation sites is 1. The van der Waals surface area contributed by atoms with Gasteiger partial charge in [-0.1, -0.05) is 42.5 Å². The van der Waals surface area contributed by atoms with Crippen molar-refractivity contribution in [2.45, 2.75) is 0 Å². The van der Waals surface area contributed by atoms with Crippen LogP contribution in [0.1, 0.15) is 21.5 Å². The van der Waals surface area contributed by atoms with Crippen LogP contribution >= 0.6 is 0 Å². The van der Waals surface area contributed by atoms with E-state index in [-0.39, 0.29) is 5.91 Å². The molecule has 5 rings (SSSR count). The first-order valence-corrected chi connectivity index (χ1v) is 8.59. The van der Waals surface area contributed by atoms with Crippen LogP contribution in [0.4, 0.5) is 5.69 Å². The molecule has 0 spiro atoms. The smallest absolute Gasteiger partial charge is 0.263 e. The molecular weight excluding hydrogens is 320 g/mol. The van der Waals surface area contributed by atoms with Crippen LogP contribution in [0.2, 0.25) is 0 Å². The molecule has 1 aliphatic heterocycles. The number of H-pyrrole nitrogens is 1. The van der Waals surface area contributed by atoms with Crippen LogP contribution in [0, 0.1) is 0 Å². The first-order chi connectivity index (χ1) is 12.8. The zero-order chi connectivity index (χ0) is 17.5. The van der Waals surface area contributed by atoms with E-state index in [1.807, 2.05) is 60.8 Å². The van der Waals surface area contributed by atoms with Crippen LogP contribution in [0.15, 0.2) is 85.1 Å². The van der Waals surface area contributed by atoms with E-state index in [4.69, 9.17) is 0 Å². The molecule has 1 aliphatic rings. The van der Waals surface area contributed by atoms with Gasteiger partial charge >= 0.3 is 0 Å². The first kappa shape index (κ1) is 14.7. The number of amides is 1. The van der Waals surface area contributed by atoms with Crippen LogP contribution in [-0.4, -0.2) is 10.9 Å². The van der Waals surface area contributed by atoms with E-state index in [1.54, 1.807) is 4.90 Å². The van der Waals surface area contributed by atoms with Crippen molar-refractivity contribution in [3.63, 3.8) is 0 Å². The number of carbonyl (C=O) groups is 1. The Hall–Kier alpha value is -3.59. The second kappa shape index (κ2) is 5.74. The molecule has 0 saturated heterocycles. The number of aromatic nitrogens is 1. The van der Waals surface area contributed by atoms with E-state index in [0.717, 1.165) is 39.0 Å². The standard InChI is InChI=1S/C23H16N2O/c26-23-20-9-5-4-8-19(20)22(25(23)18-6-2-1-3-7-18)15-16-10-11-21-17(14-16)12-13-24-21/h1-15,24H/b22-15+. The molecule has 0 fully saturated rings. The number of aromatic amines is 1. The normalized spacial score (nSPS) is 15.0. The van der Waals surface area contributed by atoms with Crippen molar-refractivity contribution in [2.24, 2.45) is 0 Å². The van der Waals surface area contributed by atoms with E-state index in [9.17, 15) is 4.79 Å². The Morgan fingerprint density at radius 1 is 0.808 bits per heavy atom. The minimum atomic E-state index is 0.0146.